The largest absolute Gasteiger partial charge is 0.381 e. The maximum Gasteiger partial charge on any atom is 0.222 e. The number of rotatable bonds is 9. The summed E-state index contributed by atoms with van der Waals surface area (Å²) in [5, 5.41) is 2.82. The Bertz CT molecular complexity index is 161. The molecule has 0 aliphatic carbocycles. The molecule has 0 fully saturated rings. The SMILES string of the molecule is CC(C)NC(=O)CCOCCCCCN. The highest BCUT2D eigenvalue weighted by atomic mass is 16.5. The molecule has 0 atom stereocenters. The lowest BCUT2D eigenvalue weighted by Crippen LogP contribution is -2.30. The number of ether oxygens (including phenoxy) is 1. The van der Waals surface area contributed by atoms with Crippen molar-refractivity contribution in [3.05, 3.63) is 0 Å². The number of hydrogen-bond donors (Lipinski definition) is 2. The Hall–Kier alpha value is -0.610. The van der Waals surface area contributed by atoms with Crippen LogP contribution >= 0.6 is 0 Å². The smallest absolute Gasteiger partial charge is 0.222 e. The number of carbonyl (C=O) groups is 1. The van der Waals surface area contributed by atoms with Gasteiger partial charge in [-0.1, -0.05) is 0 Å². The van der Waals surface area contributed by atoms with E-state index in [1.54, 1.807) is 0 Å². The molecule has 0 rings (SSSR count). The van der Waals surface area contributed by atoms with E-state index in [0.29, 0.717) is 13.0 Å². The zero-order valence-corrected chi connectivity index (χ0v) is 9.92. The minimum atomic E-state index is 0.0620. The molecule has 90 valence electrons. The summed E-state index contributed by atoms with van der Waals surface area (Å²) in [5.74, 6) is 0.0620. The first kappa shape index (κ1) is 14.4. The summed E-state index contributed by atoms with van der Waals surface area (Å²) in [5.41, 5.74) is 5.36. The molecule has 0 saturated carbocycles. The summed E-state index contributed by atoms with van der Waals surface area (Å²) in [6, 6.07) is 0.210. The van der Waals surface area contributed by atoms with Gasteiger partial charge in [0, 0.05) is 19.1 Å². The van der Waals surface area contributed by atoms with Crippen molar-refractivity contribution < 1.29 is 9.53 Å². The number of unbranched alkanes of at least 4 members (excludes halogenated alkanes) is 2. The molecule has 4 nitrogen and oxygen atoms in total. The van der Waals surface area contributed by atoms with Gasteiger partial charge in [0.05, 0.1) is 6.61 Å². The Morgan fingerprint density at radius 2 is 2.00 bits per heavy atom. The second-order valence-electron chi connectivity index (χ2n) is 3.93. The third kappa shape index (κ3) is 11.3. The Labute approximate surface area is 92.6 Å². The molecule has 0 spiro atoms. The summed E-state index contributed by atoms with van der Waals surface area (Å²) < 4.78 is 5.33. The second-order valence-corrected chi connectivity index (χ2v) is 3.93. The number of carbonyl (C=O) groups excluding carboxylic acids is 1. The van der Waals surface area contributed by atoms with Gasteiger partial charge in [0.2, 0.25) is 5.91 Å². The molecule has 3 N–H and O–H groups in total. The monoisotopic (exact) mass is 216 g/mol. The molecule has 0 unspecified atom stereocenters. The van der Waals surface area contributed by atoms with E-state index in [1.807, 2.05) is 13.8 Å². The minimum Gasteiger partial charge on any atom is -0.381 e. The van der Waals surface area contributed by atoms with Gasteiger partial charge in [0.15, 0.2) is 0 Å². The Morgan fingerprint density at radius 1 is 1.27 bits per heavy atom. The molecule has 0 aromatic rings. The van der Waals surface area contributed by atoms with Crippen molar-refractivity contribution in [3.63, 3.8) is 0 Å². The Balaban J connectivity index is 3.13. The number of nitrogens with one attached hydrogen (secondary N) is 1. The molecular formula is C11H24N2O2. The van der Waals surface area contributed by atoms with Crippen LogP contribution in [0.1, 0.15) is 39.5 Å². The van der Waals surface area contributed by atoms with Gasteiger partial charge >= 0.3 is 0 Å². The average molecular weight is 216 g/mol. The van der Waals surface area contributed by atoms with Gasteiger partial charge in [-0.15, -0.1) is 0 Å². The highest BCUT2D eigenvalue weighted by Crippen LogP contribution is 1.94. The van der Waals surface area contributed by atoms with Crippen LogP contribution < -0.4 is 11.1 Å². The highest BCUT2D eigenvalue weighted by Gasteiger charge is 2.02. The maximum absolute atomic E-state index is 11.2. The van der Waals surface area contributed by atoms with E-state index in [0.717, 1.165) is 32.4 Å². The molecule has 0 radical (unpaired) electrons. The Morgan fingerprint density at radius 3 is 2.60 bits per heavy atom. The van der Waals surface area contributed by atoms with E-state index >= 15 is 0 Å². The van der Waals surface area contributed by atoms with Crippen molar-refractivity contribution in [1.82, 2.24) is 5.32 Å². The fourth-order valence-electron chi connectivity index (χ4n) is 1.19. The Kier molecular flexibility index (Phi) is 9.52. The molecule has 1 amide bonds. The normalized spacial score (nSPS) is 10.7. The van der Waals surface area contributed by atoms with Crippen LogP contribution in [-0.2, 0) is 9.53 Å². The van der Waals surface area contributed by atoms with Crippen molar-refractivity contribution in [2.75, 3.05) is 19.8 Å². The van der Waals surface area contributed by atoms with Crippen molar-refractivity contribution in [3.8, 4) is 0 Å². The average Bonchev–Trinajstić information content (AvgIpc) is 2.15. The van der Waals surface area contributed by atoms with Gasteiger partial charge in [-0.2, -0.15) is 0 Å². The standard InChI is InChI=1S/C11H24N2O2/c1-10(2)13-11(14)6-9-15-8-5-3-4-7-12/h10H,3-9,12H2,1-2H3,(H,13,14). The molecule has 15 heavy (non-hydrogen) atoms. The van der Waals surface area contributed by atoms with Crippen molar-refractivity contribution in [2.45, 2.75) is 45.6 Å². The van der Waals surface area contributed by atoms with E-state index in [9.17, 15) is 4.79 Å². The van der Waals surface area contributed by atoms with Crippen molar-refractivity contribution in [1.29, 1.82) is 0 Å². The summed E-state index contributed by atoms with van der Waals surface area (Å²) in [6.07, 6.45) is 3.64. The summed E-state index contributed by atoms with van der Waals surface area (Å²) in [6.45, 7) is 5.89. The predicted molar refractivity (Wildman–Crippen MR) is 61.6 cm³/mol. The van der Waals surface area contributed by atoms with Gasteiger partial charge < -0.3 is 15.8 Å². The van der Waals surface area contributed by atoms with Crippen LogP contribution in [0.4, 0.5) is 0 Å². The molecule has 0 heterocycles. The van der Waals surface area contributed by atoms with E-state index in [1.165, 1.54) is 0 Å². The molecule has 0 aromatic carbocycles. The number of amides is 1. The summed E-state index contributed by atoms with van der Waals surface area (Å²) in [7, 11) is 0. The minimum absolute atomic E-state index is 0.0620. The number of hydrogen-bond acceptors (Lipinski definition) is 3. The molecule has 0 aliphatic heterocycles. The van der Waals surface area contributed by atoms with Crippen LogP contribution in [0.5, 0.6) is 0 Å². The predicted octanol–water partition coefficient (Wildman–Crippen LogP) is 1.05. The van der Waals surface area contributed by atoms with Gasteiger partial charge in [-0.05, 0) is 39.7 Å². The molecule has 4 heteroatoms. The molecule has 0 aliphatic rings. The molecular weight excluding hydrogens is 192 g/mol. The molecule has 0 aromatic heterocycles. The topological polar surface area (TPSA) is 64.3 Å². The summed E-state index contributed by atoms with van der Waals surface area (Å²) >= 11 is 0. The van der Waals surface area contributed by atoms with Gasteiger partial charge in [0.1, 0.15) is 0 Å². The number of nitrogens with two attached hydrogens (primary N) is 1. The van der Waals surface area contributed by atoms with Crippen molar-refractivity contribution in [2.24, 2.45) is 5.73 Å². The maximum atomic E-state index is 11.2. The van der Waals surface area contributed by atoms with Crippen molar-refractivity contribution >= 4 is 5.91 Å². The quantitative estimate of drug-likeness (QED) is 0.566. The first-order valence-electron chi connectivity index (χ1n) is 5.74. The lowest BCUT2D eigenvalue weighted by Gasteiger charge is -2.08. The summed E-state index contributed by atoms with van der Waals surface area (Å²) in [4.78, 5) is 11.2. The van der Waals surface area contributed by atoms with E-state index in [2.05, 4.69) is 5.32 Å². The van der Waals surface area contributed by atoms with Crippen LogP contribution in [0.2, 0.25) is 0 Å². The van der Waals surface area contributed by atoms with Crippen LogP contribution in [-0.4, -0.2) is 31.7 Å². The zero-order chi connectivity index (χ0) is 11.5. The van der Waals surface area contributed by atoms with Crippen LogP contribution in [0.3, 0.4) is 0 Å². The van der Waals surface area contributed by atoms with E-state index < -0.39 is 0 Å². The first-order valence-corrected chi connectivity index (χ1v) is 5.74. The zero-order valence-electron chi connectivity index (χ0n) is 9.92. The van der Waals surface area contributed by atoms with Gasteiger partial charge in [-0.25, -0.2) is 0 Å². The van der Waals surface area contributed by atoms with Gasteiger partial charge in [-0.3, -0.25) is 4.79 Å². The lowest BCUT2D eigenvalue weighted by molar-refractivity contribution is -0.122. The van der Waals surface area contributed by atoms with Crippen LogP contribution in [0.15, 0.2) is 0 Å². The van der Waals surface area contributed by atoms with E-state index in [-0.39, 0.29) is 11.9 Å². The molecule has 0 saturated heterocycles. The lowest BCUT2D eigenvalue weighted by atomic mass is 10.2. The molecule has 0 bridgehead atoms. The third-order valence-electron chi connectivity index (χ3n) is 1.92. The third-order valence-corrected chi connectivity index (χ3v) is 1.92. The van der Waals surface area contributed by atoms with Gasteiger partial charge in [0.25, 0.3) is 0 Å². The fraction of sp³-hybridized carbons (Fsp3) is 0.909. The fourth-order valence-corrected chi connectivity index (χ4v) is 1.19. The van der Waals surface area contributed by atoms with Crippen LogP contribution in [0, 0.1) is 0 Å². The first-order chi connectivity index (χ1) is 7.16. The highest BCUT2D eigenvalue weighted by molar-refractivity contribution is 5.76. The second kappa shape index (κ2) is 9.93. The van der Waals surface area contributed by atoms with E-state index in [4.69, 9.17) is 10.5 Å². The van der Waals surface area contributed by atoms with Crippen LogP contribution in [0.25, 0.3) is 0 Å².